The monoisotopic (exact) mass is 457 g/mol. The fourth-order valence-corrected chi connectivity index (χ4v) is 4.74. The number of hydrogen-bond acceptors (Lipinski definition) is 6. The molecule has 2 aliphatic rings. The normalized spacial score (nSPS) is 21.2. The van der Waals surface area contributed by atoms with Crippen LogP contribution >= 0.6 is 0 Å². The van der Waals surface area contributed by atoms with Gasteiger partial charge in [0.2, 0.25) is 15.6 Å². The predicted molar refractivity (Wildman–Crippen MR) is 115 cm³/mol. The second kappa shape index (κ2) is 7.74. The van der Waals surface area contributed by atoms with Crippen LogP contribution in [0.4, 0.5) is 0 Å². The molecule has 0 aliphatic carbocycles. The third kappa shape index (κ3) is 3.88. The van der Waals surface area contributed by atoms with Gasteiger partial charge >= 0.3 is 0 Å². The lowest BCUT2D eigenvalue weighted by molar-refractivity contribution is -0.137. The molecule has 0 saturated carbocycles. The summed E-state index contributed by atoms with van der Waals surface area (Å²) >= 11 is 0. The molecular weight excluding hydrogens is 434 g/mol. The van der Waals surface area contributed by atoms with E-state index in [9.17, 15) is 23.1 Å². The summed E-state index contributed by atoms with van der Waals surface area (Å²) in [7, 11) is -1.82. The van der Waals surface area contributed by atoms with E-state index in [1.807, 2.05) is 0 Å². The van der Waals surface area contributed by atoms with Crippen molar-refractivity contribution in [2.75, 3.05) is 26.4 Å². The number of fused-ring (bicyclic) bond motifs is 1. The number of carbonyl (C=O) groups is 2. The number of aromatic nitrogens is 2. The predicted octanol–water partition coefficient (Wildman–Crippen LogP) is -0.766. The van der Waals surface area contributed by atoms with E-state index in [4.69, 9.17) is 5.73 Å². The van der Waals surface area contributed by atoms with Gasteiger partial charge in [0.05, 0.1) is 17.6 Å². The highest BCUT2D eigenvalue weighted by Gasteiger charge is 2.42. The third-order valence-corrected chi connectivity index (χ3v) is 6.99. The zero-order chi connectivity index (χ0) is 23.3. The summed E-state index contributed by atoms with van der Waals surface area (Å²) in [6.45, 7) is 0.719. The maximum absolute atomic E-state index is 12.1. The van der Waals surface area contributed by atoms with Gasteiger partial charge in [-0.1, -0.05) is 17.9 Å². The molecule has 1 aromatic heterocycles. The van der Waals surface area contributed by atoms with Crippen LogP contribution in [-0.4, -0.2) is 76.3 Å². The van der Waals surface area contributed by atoms with Crippen molar-refractivity contribution in [1.82, 2.24) is 19.0 Å². The molecular formula is C21H23N5O5S. The molecule has 2 aliphatic heterocycles. The number of nitrogens with zero attached hydrogens (tertiary/aromatic N) is 4. The molecule has 1 fully saturated rings. The second-order valence-electron chi connectivity index (χ2n) is 8.03. The molecule has 2 aromatic rings. The Balaban J connectivity index is 1.72. The molecule has 0 unspecified atom stereocenters. The van der Waals surface area contributed by atoms with Crippen LogP contribution in [0.3, 0.4) is 0 Å². The number of sulfonamides is 1. The summed E-state index contributed by atoms with van der Waals surface area (Å²) in [5.74, 6) is 4.37. The summed E-state index contributed by atoms with van der Waals surface area (Å²) in [6.07, 6.45) is 1.72. The molecule has 168 valence electrons. The van der Waals surface area contributed by atoms with Gasteiger partial charge < -0.3 is 15.7 Å². The summed E-state index contributed by atoms with van der Waals surface area (Å²) in [5, 5.41) is 14.9. The maximum Gasteiger partial charge on any atom is 0.269 e. The summed E-state index contributed by atoms with van der Waals surface area (Å²) < 4.78 is 26.8. The highest BCUT2D eigenvalue weighted by molar-refractivity contribution is 7.88. The first kappa shape index (κ1) is 22.0. The van der Waals surface area contributed by atoms with Gasteiger partial charge in [-0.05, 0) is 18.2 Å². The Morgan fingerprint density at radius 1 is 1.31 bits per heavy atom. The van der Waals surface area contributed by atoms with Gasteiger partial charge in [-0.15, -0.1) is 0 Å². The number of likely N-dealkylation sites (N-methyl/N-ethyl adjacent to an activating group) is 1. The molecule has 4 rings (SSSR count). The summed E-state index contributed by atoms with van der Waals surface area (Å²) in [6, 6.07) is 6.98. The number of aliphatic hydroxyl groups is 1. The van der Waals surface area contributed by atoms with Crippen LogP contribution in [0, 0.1) is 11.8 Å². The highest BCUT2D eigenvalue weighted by atomic mass is 32.2. The zero-order valence-corrected chi connectivity index (χ0v) is 18.5. The van der Waals surface area contributed by atoms with Crippen molar-refractivity contribution >= 4 is 21.8 Å². The number of nitrogens with two attached hydrogens (primary N) is 1. The molecule has 0 radical (unpaired) electrons. The topological polar surface area (TPSA) is 139 Å². The minimum atomic E-state index is -3.43. The van der Waals surface area contributed by atoms with E-state index in [-0.39, 0.29) is 25.2 Å². The van der Waals surface area contributed by atoms with Crippen LogP contribution in [0.1, 0.15) is 33.7 Å². The molecule has 3 N–H and O–H groups in total. The van der Waals surface area contributed by atoms with E-state index in [1.54, 1.807) is 36.0 Å². The van der Waals surface area contributed by atoms with E-state index in [0.29, 0.717) is 35.5 Å². The van der Waals surface area contributed by atoms with Crippen molar-refractivity contribution < 1.29 is 23.1 Å². The van der Waals surface area contributed by atoms with Crippen molar-refractivity contribution in [3.63, 3.8) is 0 Å². The first-order valence-electron chi connectivity index (χ1n) is 9.97. The SMILES string of the molecule is CN1CC[C@@](O)(C#Cc2cccc(-n3nc(C(N)=O)c4c3CCN(S(C)(=O)=O)C4)c2)C1=O. The fourth-order valence-electron chi connectivity index (χ4n) is 3.95. The molecule has 1 saturated heterocycles. The number of primary amides is 1. The van der Waals surface area contributed by atoms with Crippen LogP contribution in [0.25, 0.3) is 5.69 Å². The van der Waals surface area contributed by atoms with E-state index >= 15 is 0 Å². The molecule has 3 heterocycles. The van der Waals surface area contributed by atoms with Gasteiger partial charge in [0.1, 0.15) is 0 Å². The molecule has 2 amide bonds. The van der Waals surface area contributed by atoms with E-state index < -0.39 is 27.4 Å². The van der Waals surface area contributed by atoms with Crippen molar-refractivity contribution in [2.45, 2.75) is 25.0 Å². The quantitative estimate of drug-likeness (QED) is 0.581. The van der Waals surface area contributed by atoms with Crippen molar-refractivity contribution in [3.8, 4) is 17.5 Å². The van der Waals surface area contributed by atoms with Crippen LogP contribution in [0.5, 0.6) is 0 Å². The first-order chi connectivity index (χ1) is 15.0. The molecule has 1 aromatic carbocycles. The minimum Gasteiger partial charge on any atom is -0.369 e. The van der Waals surface area contributed by atoms with E-state index in [2.05, 4.69) is 16.9 Å². The van der Waals surface area contributed by atoms with Gasteiger partial charge in [0.25, 0.3) is 11.8 Å². The van der Waals surface area contributed by atoms with Crippen LogP contribution in [0.2, 0.25) is 0 Å². The lowest BCUT2D eigenvalue weighted by Crippen LogP contribution is -2.37. The van der Waals surface area contributed by atoms with Crippen LogP contribution in [-0.2, 0) is 27.8 Å². The van der Waals surface area contributed by atoms with Crippen molar-refractivity contribution in [3.05, 3.63) is 46.8 Å². The van der Waals surface area contributed by atoms with Gasteiger partial charge in [-0.25, -0.2) is 13.1 Å². The number of hydrogen-bond donors (Lipinski definition) is 2. The Kier molecular flexibility index (Phi) is 5.32. The summed E-state index contributed by atoms with van der Waals surface area (Å²) in [5.41, 5.74) is 6.17. The lowest BCUT2D eigenvalue weighted by Gasteiger charge is -2.25. The summed E-state index contributed by atoms with van der Waals surface area (Å²) in [4.78, 5) is 25.5. The van der Waals surface area contributed by atoms with Gasteiger partial charge in [-0.2, -0.15) is 9.40 Å². The maximum atomic E-state index is 12.1. The lowest BCUT2D eigenvalue weighted by atomic mass is 10.0. The Hall–Kier alpha value is -3.20. The van der Waals surface area contributed by atoms with Crippen molar-refractivity contribution in [1.29, 1.82) is 0 Å². The Bertz CT molecular complexity index is 1290. The molecule has 0 spiro atoms. The molecule has 11 heteroatoms. The Morgan fingerprint density at radius 3 is 2.69 bits per heavy atom. The molecule has 0 bridgehead atoms. The second-order valence-corrected chi connectivity index (χ2v) is 10.0. The number of amides is 2. The first-order valence-corrected chi connectivity index (χ1v) is 11.8. The van der Waals surface area contributed by atoms with Crippen LogP contribution < -0.4 is 5.73 Å². The number of carbonyl (C=O) groups excluding carboxylic acids is 2. The number of benzene rings is 1. The largest absolute Gasteiger partial charge is 0.369 e. The number of rotatable bonds is 3. The van der Waals surface area contributed by atoms with Gasteiger partial charge in [-0.3, -0.25) is 9.59 Å². The zero-order valence-electron chi connectivity index (χ0n) is 17.7. The average molecular weight is 458 g/mol. The van der Waals surface area contributed by atoms with E-state index in [1.165, 1.54) is 9.21 Å². The van der Waals surface area contributed by atoms with Crippen LogP contribution in [0.15, 0.2) is 24.3 Å². The minimum absolute atomic E-state index is 0.0224. The Labute approximate surface area is 185 Å². The third-order valence-electron chi connectivity index (χ3n) is 5.74. The fraction of sp³-hybridized carbons (Fsp3) is 0.381. The smallest absolute Gasteiger partial charge is 0.269 e. The van der Waals surface area contributed by atoms with Gasteiger partial charge in [0, 0.05) is 50.7 Å². The molecule has 10 nitrogen and oxygen atoms in total. The molecule has 1 atom stereocenters. The number of likely N-dealkylation sites (tertiary alicyclic amines) is 1. The van der Waals surface area contributed by atoms with Crippen molar-refractivity contribution in [2.24, 2.45) is 5.73 Å². The molecule has 32 heavy (non-hydrogen) atoms. The average Bonchev–Trinajstić information content (AvgIpc) is 3.25. The Morgan fingerprint density at radius 2 is 2.06 bits per heavy atom. The van der Waals surface area contributed by atoms with Gasteiger partial charge in [0.15, 0.2) is 5.69 Å². The standard InChI is InChI=1S/C21H23N5O5S/c1-24-11-9-21(29,20(24)28)8-6-14-4-3-5-15(12-14)26-17-7-10-25(32(2,30)31)13-16(17)18(23-26)19(22)27/h3-5,12,29H,7,9-11,13H2,1-2H3,(H2,22,27)/t21-/m0/s1. The van der Waals surface area contributed by atoms with E-state index in [0.717, 1.165) is 6.26 Å². The highest BCUT2D eigenvalue weighted by Crippen LogP contribution is 2.27.